The van der Waals surface area contributed by atoms with Crippen LogP contribution in [0.3, 0.4) is 0 Å². The molecule has 0 aliphatic heterocycles. The number of carbonyl (C=O) groups excluding carboxylic acids is 1. The Kier molecular flexibility index (Phi) is 5.23. The first-order valence-electron chi connectivity index (χ1n) is 9.29. The van der Waals surface area contributed by atoms with Crippen LogP contribution in [0.1, 0.15) is 45.0 Å². The van der Waals surface area contributed by atoms with Crippen LogP contribution >= 0.6 is 0 Å². The number of nitrogens with one attached hydrogen (secondary N) is 1. The van der Waals surface area contributed by atoms with Crippen LogP contribution in [0.2, 0.25) is 0 Å². The summed E-state index contributed by atoms with van der Waals surface area (Å²) in [6.07, 6.45) is -0.0261. The van der Waals surface area contributed by atoms with E-state index in [0.29, 0.717) is 11.4 Å². The molecule has 3 N–H and O–H groups in total. The van der Waals surface area contributed by atoms with Gasteiger partial charge < -0.3 is 15.8 Å². The first-order chi connectivity index (χ1) is 13.1. The minimum absolute atomic E-state index is 0.0261. The molecule has 0 unspecified atom stereocenters. The van der Waals surface area contributed by atoms with Crippen molar-refractivity contribution in [2.75, 3.05) is 5.73 Å². The smallest absolute Gasteiger partial charge is 0.251 e. The molecule has 6 nitrogen and oxygen atoms in total. The lowest BCUT2D eigenvalue weighted by molar-refractivity contribution is 0.0919. The summed E-state index contributed by atoms with van der Waals surface area (Å²) in [6, 6.07) is 13.4. The summed E-state index contributed by atoms with van der Waals surface area (Å²) in [5.74, 6) is 0.569. The van der Waals surface area contributed by atoms with E-state index in [4.69, 9.17) is 10.5 Å². The largest absolute Gasteiger partial charge is 0.474 e. The number of aromatic nitrogens is 2. The van der Waals surface area contributed by atoms with Crippen LogP contribution in [-0.4, -0.2) is 27.5 Å². The standard InChI is InChI=1S/C22H26N4O2/c1-13(2)28-20-17-12-16(10-11-18(17)24-21(23)25-20)14-6-8-15(9-7-14)19(27)26-22(3,4)5/h6-13H,1-5H3,(H,26,27)(H2,23,24,25). The van der Waals surface area contributed by atoms with Gasteiger partial charge in [0, 0.05) is 11.1 Å². The van der Waals surface area contributed by atoms with E-state index in [-0.39, 0.29) is 23.5 Å². The Balaban J connectivity index is 1.95. The highest BCUT2D eigenvalue weighted by Crippen LogP contribution is 2.30. The molecular formula is C22H26N4O2. The average molecular weight is 378 g/mol. The maximum Gasteiger partial charge on any atom is 0.251 e. The van der Waals surface area contributed by atoms with Crippen molar-refractivity contribution in [1.29, 1.82) is 0 Å². The van der Waals surface area contributed by atoms with Crippen molar-refractivity contribution in [2.45, 2.75) is 46.3 Å². The second kappa shape index (κ2) is 7.46. The Morgan fingerprint density at radius 1 is 1.04 bits per heavy atom. The molecule has 0 saturated carbocycles. The maximum atomic E-state index is 12.3. The summed E-state index contributed by atoms with van der Waals surface area (Å²) in [4.78, 5) is 20.8. The molecule has 1 heterocycles. The molecule has 1 aromatic heterocycles. The number of fused-ring (bicyclic) bond motifs is 1. The van der Waals surface area contributed by atoms with Crippen molar-refractivity contribution >= 4 is 22.8 Å². The van der Waals surface area contributed by atoms with Gasteiger partial charge in [0.2, 0.25) is 11.8 Å². The SMILES string of the molecule is CC(C)Oc1nc(N)nc2ccc(-c3ccc(C(=O)NC(C)(C)C)cc3)cc12. The second-order valence-corrected chi connectivity index (χ2v) is 8.07. The summed E-state index contributed by atoms with van der Waals surface area (Å²) in [5, 5.41) is 3.77. The molecule has 1 amide bonds. The second-order valence-electron chi connectivity index (χ2n) is 8.07. The lowest BCUT2D eigenvalue weighted by Gasteiger charge is -2.20. The summed E-state index contributed by atoms with van der Waals surface area (Å²) < 4.78 is 5.81. The van der Waals surface area contributed by atoms with Gasteiger partial charge in [-0.05, 0) is 70.0 Å². The van der Waals surface area contributed by atoms with E-state index in [1.807, 2.05) is 77.1 Å². The minimum atomic E-state index is -0.275. The average Bonchev–Trinajstić information content (AvgIpc) is 2.59. The lowest BCUT2D eigenvalue weighted by Crippen LogP contribution is -2.40. The van der Waals surface area contributed by atoms with Gasteiger partial charge in [-0.1, -0.05) is 18.2 Å². The van der Waals surface area contributed by atoms with Crippen LogP contribution in [0.25, 0.3) is 22.0 Å². The fourth-order valence-corrected chi connectivity index (χ4v) is 2.84. The number of nitrogens with two attached hydrogens (primary N) is 1. The van der Waals surface area contributed by atoms with Crippen LogP contribution in [0.15, 0.2) is 42.5 Å². The van der Waals surface area contributed by atoms with E-state index in [1.54, 1.807) is 0 Å². The van der Waals surface area contributed by atoms with Crippen LogP contribution in [0, 0.1) is 0 Å². The number of ether oxygens (including phenoxy) is 1. The van der Waals surface area contributed by atoms with Gasteiger partial charge in [0.15, 0.2) is 0 Å². The number of hydrogen-bond acceptors (Lipinski definition) is 5. The van der Waals surface area contributed by atoms with E-state index in [1.165, 1.54) is 0 Å². The van der Waals surface area contributed by atoms with Crippen molar-refractivity contribution in [3.8, 4) is 17.0 Å². The molecule has 146 valence electrons. The molecule has 0 saturated heterocycles. The molecule has 28 heavy (non-hydrogen) atoms. The zero-order valence-corrected chi connectivity index (χ0v) is 16.9. The zero-order chi connectivity index (χ0) is 20.5. The summed E-state index contributed by atoms with van der Waals surface area (Å²) in [7, 11) is 0. The predicted octanol–water partition coefficient (Wildman–Crippen LogP) is 4.19. The Bertz CT molecular complexity index is 1010. The Morgan fingerprint density at radius 2 is 1.68 bits per heavy atom. The summed E-state index contributed by atoms with van der Waals surface area (Å²) in [6.45, 7) is 9.75. The van der Waals surface area contributed by atoms with Gasteiger partial charge in [0.1, 0.15) is 0 Å². The van der Waals surface area contributed by atoms with Crippen LogP contribution in [-0.2, 0) is 0 Å². The number of anilines is 1. The third kappa shape index (κ3) is 4.57. The van der Waals surface area contributed by atoms with Gasteiger partial charge in [0.05, 0.1) is 17.0 Å². The molecule has 6 heteroatoms. The normalized spacial score (nSPS) is 11.6. The topological polar surface area (TPSA) is 90.1 Å². The molecule has 0 aliphatic carbocycles. The molecule has 0 bridgehead atoms. The molecule has 3 rings (SSSR count). The van der Waals surface area contributed by atoms with Crippen LogP contribution in [0.5, 0.6) is 5.88 Å². The lowest BCUT2D eigenvalue weighted by atomic mass is 10.0. The van der Waals surface area contributed by atoms with E-state index >= 15 is 0 Å². The highest BCUT2D eigenvalue weighted by Gasteiger charge is 2.15. The predicted molar refractivity (Wildman–Crippen MR) is 112 cm³/mol. The molecule has 3 aromatic rings. The Hall–Kier alpha value is -3.15. The molecular weight excluding hydrogens is 352 g/mol. The molecule has 0 atom stereocenters. The third-order valence-electron chi connectivity index (χ3n) is 3.99. The number of hydrogen-bond donors (Lipinski definition) is 2. The van der Waals surface area contributed by atoms with Gasteiger partial charge in [-0.15, -0.1) is 0 Å². The number of nitrogens with zero attached hydrogens (tertiary/aromatic N) is 2. The highest BCUT2D eigenvalue weighted by atomic mass is 16.5. The van der Waals surface area contributed by atoms with Gasteiger partial charge in [-0.2, -0.15) is 4.98 Å². The monoisotopic (exact) mass is 378 g/mol. The minimum Gasteiger partial charge on any atom is -0.474 e. The first-order valence-corrected chi connectivity index (χ1v) is 9.29. The number of rotatable bonds is 4. The number of amides is 1. The van der Waals surface area contributed by atoms with Crippen molar-refractivity contribution in [2.24, 2.45) is 0 Å². The molecule has 0 fully saturated rings. The van der Waals surface area contributed by atoms with Gasteiger partial charge in [-0.25, -0.2) is 4.98 Å². The van der Waals surface area contributed by atoms with Crippen molar-refractivity contribution in [1.82, 2.24) is 15.3 Å². The first kappa shape index (κ1) is 19.6. The molecule has 2 aromatic carbocycles. The van der Waals surface area contributed by atoms with E-state index in [0.717, 1.165) is 22.0 Å². The fourth-order valence-electron chi connectivity index (χ4n) is 2.84. The van der Waals surface area contributed by atoms with E-state index in [2.05, 4.69) is 15.3 Å². The van der Waals surface area contributed by atoms with Crippen LogP contribution < -0.4 is 15.8 Å². The fraction of sp³-hybridized carbons (Fsp3) is 0.318. The number of carbonyl (C=O) groups is 1. The zero-order valence-electron chi connectivity index (χ0n) is 16.9. The number of nitrogen functional groups attached to an aromatic ring is 1. The van der Waals surface area contributed by atoms with Gasteiger partial charge in [-0.3, -0.25) is 4.79 Å². The molecule has 0 spiro atoms. The van der Waals surface area contributed by atoms with Crippen molar-refractivity contribution in [3.63, 3.8) is 0 Å². The van der Waals surface area contributed by atoms with Crippen molar-refractivity contribution in [3.05, 3.63) is 48.0 Å². The van der Waals surface area contributed by atoms with Gasteiger partial charge >= 0.3 is 0 Å². The van der Waals surface area contributed by atoms with Crippen LogP contribution in [0.4, 0.5) is 5.95 Å². The highest BCUT2D eigenvalue weighted by molar-refractivity contribution is 5.95. The summed E-state index contributed by atoms with van der Waals surface area (Å²) >= 11 is 0. The van der Waals surface area contributed by atoms with E-state index < -0.39 is 0 Å². The Morgan fingerprint density at radius 3 is 2.29 bits per heavy atom. The summed E-state index contributed by atoms with van der Waals surface area (Å²) in [5.41, 5.74) is 8.85. The molecule has 0 radical (unpaired) electrons. The quantitative estimate of drug-likeness (QED) is 0.710. The molecule has 0 aliphatic rings. The third-order valence-corrected chi connectivity index (χ3v) is 3.99. The maximum absolute atomic E-state index is 12.3. The van der Waals surface area contributed by atoms with E-state index in [9.17, 15) is 4.79 Å². The van der Waals surface area contributed by atoms with Gasteiger partial charge in [0.25, 0.3) is 5.91 Å². The number of benzene rings is 2. The Labute approximate surface area is 165 Å². The van der Waals surface area contributed by atoms with Crippen molar-refractivity contribution < 1.29 is 9.53 Å².